The molecule has 10 heteroatoms. The average Bonchev–Trinajstić information content (AvgIpc) is 3.25. The maximum atomic E-state index is 12.4. The lowest BCUT2D eigenvalue weighted by atomic mass is 10.1. The molecule has 0 aromatic carbocycles. The summed E-state index contributed by atoms with van der Waals surface area (Å²) in [6.07, 6.45) is 2.45. The molecule has 0 saturated carbocycles. The monoisotopic (exact) mass is 532 g/mol. The molecule has 0 bridgehead atoms. The topological polar surface area (TPSA) is 73.8 Å². The van der Waals surface area contributed by atoms with Crippen molar-refractivity contribution < 1.29 is 8.42 Å². The van der Waals surface area contributed by atoms with Gasteiger partial charge in [0.1, 0.15) is 4.21 Å². The van der Waals surface area contributed by atoms with E-state index < -0.39 is 10.0 Å². The first-order valence-electron chi connectivity index (χ1n) is 8.53. The quantitative estimate of drug-likeness (QED) is 0.306. The Bertz CT molecular complexity index is 659. The molecular weight excluding hydrogens is 503 g/mol. The number of thioether (sulfide) groups is 1. The Labute approximate surface area is 182 Å². The number of nitrogens with zero attached hydrogens (tertiary/aromatic N) is 2. The fraction of sp³-hybridized carbons (Fsp3) is 0.688. The van der Waals surface area contributed by atoms with E-state index in [0.29, 0.717) is 17.3 Å². The van der Waals surface area contributed by atoms with Crippen LogP contribution in [0, 0.1) is 0 Å². The van der Waals surface area contributed by atoms with Gasteiger partial charge in [-0.15, -0.1) is 35.3 Å². The van der Waals surface area contributed by atoms with E-state index in [1.54, 1.807) is 24.6 Å². The van der Waals surface area contributed by atoms with Crippen LogP contribution < -0.4 is 10.6 Å². The van der Waals surface area contributed by atoms with Gasteiger partial charge >= 0.3 is 0 Å². The molecule has 1 saturated heterocycles. The van der Waals surface area contributed by atoms with Crippen LogP contribution in [0.5, 0.6) is 0 Å². The van der Waals surface area contributed by atoms with Crippen molar-refractivity contribution in [2.75, 3.05) is 39.0 Å². The van der Waals surface area contributed by atoms with Crippen molar-refractivity contribution in [1.82, 2.24) is 14.9 Å². The number of nitrogens with one attached hydrogen (secondary N) is 2. The van der Waals surface area contributed by atoms with Crippen LogP contribution in [-0.4, -0.2) is 62.4 Å². The van der Waals surface area contributed by atoms with Crippen molar-refractivity contribution in [2.45, 2.75) is 35.6 Å². The molecule has 26 heavy (non-hydrogen) atoms. The third kappa shape index (κ3) is 6.84. The first-order chi connectivity index (χ1) is 11.9. The number of halogens is 1. The van der Waals surface area contributed by atoms with E-state index >= 15 is 0 Å². The van der Waals surface area contributed by atoms with E-state index in [-0.39, 0.29) is 28.7 Å². The second-order valence-corrected chi connectivity index (χ2v) is 11.2. The van der Waals surface area contributed by atoms with E-state index in [1.807, 2.05) is 18.7 Å². The molecule has 2 N–H and O–H groups in total. The fourth-order valence-electron chi connectivity index (χ4n) is 2.57. The molecule has 6 nitrogen and oxygen atoms in total. The number of thiophene rings is 1. The molecule has 1 unspecified atom stereocenters. The summed E-state index contributed by atoms with van der Waals surface area (Å²) in [5.41, 5.74) is 0. The van der Waals surface area contributed by atoms with Crippen LogP contribution in [0.3, 0.4) is 0 Å². The molecule has 0 radical (unpaired) electrons. The van der Waals surface area contributed by atoms with Gasteiger partial charge in [0.2, 0.25) is 0 Å². The SMILES string of the molecule is CCNC(=NCC1(C)CCCS1)NCCN(C)S(=O)(=O)c1cccs1.I. The van der Waals surface area contributed by atoms with Crippen molar-refractivity contribution in [3.63, 3.8) is 0 Å². The Morgan fingerprint density at radius 2 is 2.19 bits per heavy atom. The van der Waals surface area contributed by atoms with Crippen LogP contribution in [0.4, 0.5) is 0 Å². The van der Waals surface area contributed by atoms with Gasteiger partial charge in [-0.2, -0.15) is 16.1 Å². The number of hydrogen-bond acceptors (Lipinski definition) is 5. The molecule has 0 spiro atoms. The summed E-state index contributed by atoms with van der Waals surface area (Å²) in [6, 6.07) is 3.39. The first-order valence-corrected chi connectivity index (χ1v) is 11.8. The van der Waals surface area contributed by atoms with Gasteiger partial charge in [-0.1, -0.05) is 6.07 Å². The number of guanidine groups is 1. The Hall–Kier alpha value is -0.0400. The molecule has 1 aromatic heterocycles. The Morgan fingerprint density at radius 1 is 1.42 bits per heavy atom. The largest absolute Gasteiger partial charge is 0.357 e. The van der Waals surface area contributed by atoms with E-state index in [2.05, 4.69) is 22.5 Å². The van der Waals surface area contributed by atoms with Gasteiger partial charge < -0.3 is 10.6 Å². The van der Waals surface area contributed by atoms with E-state index in [9.17, 15) is 8.42 Å². The van der Waals surface area contributed by atoms with Crippen molar-refractivity contribution in [1.29, 1.82) is 0 Å². The highest BCUT2D eigenvalue weighted by molar-refractivity contribution is 14.0. The minimum absolute atomic E-state index is 0. The number of sulfonamides is 1. The molecule has 2 rings (SSSR count). The first kappa shape index (κ1) is 24.0. The number of likely N-dealkylation sites (N-methyl/N-ethyl adjacent to an activating group) is 1. The normalized spacial score (nSPS) is 20.8. The van der Waals surface area contributed by atoms with Gasteiger partial charge in [0.25, 0.3) is 10.0 Å². The summed E-state index contributed by atoms with van der Waals surface area (Å²) in [6.45, 7) is 6.73. The number of hydrogen-bond donors (Lipinski definition) is 2. The lowest BCUT2D eigenvalue weighted by Gasteiger charge is -2.21. The maximum Gasteiger partial charge on any atom is 0.252 e. The average molecular weight is 533 g/mol. The standard InChI is InChI=1S/C16H28N4O2S3.HI/c1-4-17-15(19-13-16(2)8-6-12-24-16)18-9-10-20(3)25(21,22)14-7-5-11-23-14;/h5,7,11H,4,6,8-10,12-13H2,1-3H3,(H2,17,18,19);1H. The summed E-state index contributed by atoms with van der Waals surface area (Å²) in [5, 5.41) is 8.24. The molecule has 2 heterocycles. The van der Waals surface area contributed by atoms with E-state index in [1.165, 1.54) is 34.2 Å². The summed E-state index contributed by atoms with van der Waals surface area (Å²) in [4.78, 5) is 4.68. The summed E-state index contributed by atoms with van der Waals surface area (Å²) in [7, 11) is -1.78. The van der Waals surface area contributed by atoms with Gasteiger partial charge in [-0.25, -0.2) is 8.42 Å². The zero-order valence-corrected chi connectivity index (χ0v) is 20.3. The zero-order valence-electron chi connectivity index (χ0n) is 15.5. The third-order valence-electron chi connectivity index (χ3n) is 4.10. The van der Waals surface area contributed by atoms with Crippen molar-refractivity contribution in [2.24, 2.45) is 4.99 Å². The molecular formula is C16H29IN4O2S3. The van der Waals surface area contributed by atoms with Gasteiger partial charge in [-0.3, -0.25) is 4.99 Å². The zero-order chi connectivity index (χ0) is 18.3. The van der Waals surface area contributed by atoms with Crippen molar-refractivity contribution in [3.05, 3.63) is 17.5 Å². The second-order valence-electron chi connectivity index (χ2n) is 6.28. The second kappa shape index (κ2) is 11.1. The van der Waals surface area contributed by atoms with Crippen LogP contribution in [0.2, 0.25) is 0 Å². The predicted octanol–water partition coefficient (Wildman–Crippen LogP) is 2.83. The lowest BCUT2D eigenvalue weighted by molar-refractivity contribution is 0.471. The van der Waals surface area contributed by atoms with Crippen LogP contribution in [0.1, 0.15) is 26.7 Å². The van der Waals surface area contributed by atoms with E-state index in [0.717, 1.165) is 19.0 Å². The molecule has 1 aliphatic rings. The molecule has 0 aliphatic carbocycles. The van der Waals surface area contributed by atoms with Crippen molar-refractivity contribution >= 4 is 63.1 Å². The van der Waals surface area contributed by atoms with Crippen LogP contribution in [0.25, 0.3) is 0 Å². The fourth-order valence-corrected chi connectivity index (χ4v) is 6.16. The van der Waals surface area contributed by atoms with Crippen LogP contribution in [0.15, 0.2) is 26.7 Å². The van der Waals surface area contributed by atoms with Gasteiger partial charge in [0.15, 0.2) is 5.96 Å². The Morgan fingerprint density at radius 3 is 2.77 bits per heavy atom. The Balaban J connectivity index is 0.00000338. The highest BCUT2D eigenvalue weighted by Gasteiger charge is 2.29. The van der Waals surface area contributed by atoms with Gasteiger partial charge in [0.05, 0.1) is 6.54 Å². The highest BCUT2D eigenvalue weighted by atomic mass is 127. The minimum Gasteiger partial charge on any atom is -0.357 e. The van der Waals surface area contributed by atoms with E-state index in [4.69, 9.17) is 0 Å². The highest BCUT2D eigenvalue weighted by Crippen LogP contribution is 2.37. The van der Waals surface area contributed by atoms with Gasteiger partial charge in [0, 0.05) is 31.4 Å². The van der Waals surface area contributed by atoms with Gasteiger partial charge in [-0.05, 0) is 43.9 Å². The smallest absolute Gasteiger partial charge is 0.252 e. The molecule has 1 fully saturated rings. The number of rotatable bonds is 8. The van der Waals surface area contributed by atoms with Crippen LogP contribution in [-0.2, 0) is 10.0 Å². The van der Waals surface area contributed by atoms with Crippen molar-refractivity contribution in [3.8, 4) is 0 Å². The molecule has 1 atom stereocenters. The Kier molecular flexibility index (Phi) is 10.2. The maximum absolute atomic E-state index is 12.4. The minimum atomic E-state index is -3.39. The molecule has 0 amide bonds. The molecule has 150 valence electrons. The lowest BCUT2D eigenvalue weighted by Crippen LogP contribution is -2.42. The summed E-state index contributed by atoms with van der Waals surface area (Å²) in [5.74, 6) is 1.96. The predicted molar refractivity (Wildman–Crippen MR) is 124 cm³/mol. The number of aliphatic imine (C=N–C) groups is 1. The third-order valence-corrected chi connectivity index (χ3v) is 8.85. The summed E-state index contributed by atoms with van der Waals surface area (Å²) >= 11 is 3.23. The summed E-state index contributed by atoms with van der Waals surface area (Å²) < 4.78 is 26.8. The molecule has 1 aliphatic heterocycles. The van der Waals surface area contributed by atoms with Crippen LogP contribution >= 0.6 is 47.1 Å². The molecule has 1 aromatic rings.